The van der Waals surface area contributed by atoms with E-state index in [2.05, 4.69) is 9.46 Å². The Kier molecular flexibility index (Phi) is 5.23. The number of benzene rings is 1. The number of carbonyl (C=O) groups excluding carboxylic acids is 1. The summed E-state index contributed by atoms with van der Waals surface area (Å²) in [5, 5.41) is 3.20. The summed E-state index contributed by atoms with van der Waals surface area (Å²) in [5.74, 6) is -0.589. The number of hydrogen-bond donors (Lipinski definition) is 1. The number of halogens is 1. The van der Waals surface area contributed by atoms with Crippen molar-refractivity contribution in [3.8, 4) is 0 Å². The molecule has 0 atom stereocenters. The number of rotatable bonds is 5. The quantitative estimate of drug-likeness (QED) is 0.830. The van der Waals surface area contributed by atoms with Gasteiger partial charge in [-0.15, -0.1) is 11.3 Å². The van der Waals surface area contributed by atoms with Gasteiger partial charge in [-0.25, -0.2) is 13.2 Å². The molecule has 0 bridgehead atoms. The maximum absolute atomic E-state index is 12.0. The zero-order valence-corrected chi connectivity index (χ0v) is 13.8. The van der Waals surface area contributed by atoms with Gasteiger partial charge in [-0.05, 0) is 35.2 Å². The van der Waals surface area contributed by atoms with Crippen molar-refractivity contribution in [3.05, 3.63) is 56.6 Å². The van der Waals surface area contributed by atoms with Crippen molar-refractivity contribution in [2.45, 2.75) is 0 Å². The molecule has 0 saturated carbocycles. The third-order valence-corrected chi connectivity index (χ3v) is 4.74. The van der Waals surface area contributed by atoms with Crippen LogP contribution in [-0.2, 0) is 14.8 Å². The highest BCUT2D eigenvalue weighted by molar-refractivity contribution is 7.95. The Morgan fingerprint density at radius 1 is 1.27 bits per heavy atom. The Labute approximate surface area is 137 Å². The summed E-state index contributed by atoms with van der Waals surface area (Å²) in [5.41, 5.74) is 0.880. The number of anilines is 1. The van der Waals surface area contributed by atoms with Crippen LogP contribution in [0.2, 0.25) is 5.02 Å². The Bertz CT molecular complexity index is 795. The first kappa shape index (κ1) is 16.5. The lowest BCUT2D eigenvalue weighted by molar-refractivity contribution is 0.0607. The monoisotopic (exact) mass is 357 g/mol. The van der Waals surface area contributed by atoms with Gasteiger partial charge in [0.15, 0.2) is 0 Å². The predicted molar refractivity (Wildman–Crippen MR) is 88.7 cm³/mol. The van der Waals surface area contributed by atoms with Crippen molar-refractivity contribution >= 4 is 50.7 Å². The zero-order valence-electron chi connectivity index (χ0n) is 11.4. The van der Waals surface area contributed by atoms with E-state index in [0.29, 0.717) is 10.6 Å². The van der Waals surface area contributed by atoms with Gasteiger partial charge >= 0.3 is 5.97 Å². The molecule has 0 radical (unpaired) electrons. The summed E-state index contributed by atoms with van der Waals surface area (Å²) in [6, 6.07) is 8.22. The molecule has 8 heteroatoms. The summed E-state index contributed by atoms with van der Waals surface area (Å²) in [6.45, 7) is 0. The second-order valence-corrected chi connectivity index (χ2v) is 7.08. The number of sulfonamides is 1. The van der Waals surface area contributed by atoms with Crippen LogP contribution in [0, 0.1) is 0 Å². The molecule has 22 heavy (non-hydrogen) atoms. The maximum Gasteiger partial charge on any atom is 0.350 e. The van der Waals surface area contributed by atoms with Gasteiger partial charge in [-0.1, -0.05) is 23.7 Å². The van der Waals surface area contributed by atoms with E-state index in [1.807, 2.05) is 0 Å². The minimum atomic E-state index is -3.74. The van der Waals surface area contributed by atoms with Crippen molar-refractivity contribution in [2.24, 2.45) is 0 Å². The first-order valence-corrected chi connectivity index (χ1v) is 8.84. The molecule has 0 fully saturated rings. The lowest BCUT2D eigenvalue weighted by Gasteiger charge is -2.04. The third-order valence-electron chi connectivity index (χ3n) is 2.60. The van der Waals surface area contributed by atoms with Crippen molar-refractivity contribution in [2.75, 3.05) is 11.8 Å². The van der Waals surface area contributed by atoms with E-state index in [4.69, 9.17) is 11.6 Å². The summed E-state index contributed by atoms with van der Waals surface area (Å²) >= 11 is 6.86. The standard InChI is InChI=1S/C14H12ClNO4S2/c1-20-14(17)13-12(6-8-21-13)16-22(18,19)9-7-10-2-4-11(15)5-3-10/h2-9,16H,1H3. The van der Waals surface area contributed by atoms with E-state index in [9.17, 15) is 13.2 Å². The number of ether oxygens (including phenoxy) is 1. The molecule has 0 aliphatic heterocycles. The number of esters is 1. The van der Waals surface area contributed by atoms with Crippen molar-refractivity contribution in [1.82, 2.24) is 0 Å². The second-order valence-electron chi connectivity index (χ2n) is 4.16. The van der Waals surface area contributed by atoms with Gasteiger partial charge in [-0.2, -0.15) is 0 Å². The molecule has 1 N–H and O–H groups in total. The van der Waals surface area contributed by atoms with Crippen LogP contribution in [0.1, 0.15) is 15.2 Å². The van der Waals surface area contributed by atoms with Crippen LogP contribution >= 0.6 is 22.9 Å². The molecule has 116 valence electrons. The molecule has 1 heterocycles. The molecule has 1 aromatic carbocycles. The Balaban J connectivity index is 2.16. The highest BCUT2D eigenvalue weighted by Gasteiger charge is 2.17. The molecule has 0 amide bonds. The van der Waals surface area contributed by atoms with Crippen LogP contribution in [0.3, 0.4) is 0 Å². The first-order chi connectivity index (χ1) is 10.4. The normalized spacial score (nSPS) is 11.5. The summed E-state index contributed by atoms with van der Waals surface area (Å²) in [7, 11) is -2.50. The molecule has 0 aliphatic rings. The number of nitrogens with one attached hydrogen (secondary N) is 1. The summed E-state index contributed by atoms with van der Waals surface area (Å²) in [4.78, 5) is 11.7. The zero-order chi connectivity index (χ0) is 16.2. The Hall–Kier alpha value is -1.83. The minimum absolute atomic E-state index is 0.192. The molecule has 5 nitrogen and oxygen atoms in total. The van der Waals surface area contributed by atoms with Crippen LogP contribution in [0.25, 0.3) is 6.08 Å². The van der Waals surface area contributed by atoms with Crippen LogP contribution in [0.5, 0.6) is 0 Å². The van der Waals surface area contributed by atoms with Gasteiger partial charge in [-0.3, -0.25) is 4.72 Å². The number of methoxy groups -OCH3 is 1. The van der Waals surface area contributed by atoms with Gasteiger partial charge in [0.1, 0.15) is 4.88 Å². The van der Waals surface area contributed by atoms with E-state index < -0.39 is 16.0 Å². The summed E-state index contributed by atoms with van der Waals surface area (Å²) < 4.78 is 31.0. The molecule has 2 aromatic rings. The fourth-order valence-corrected chi connectivity index (χ4v) is 3.41. The van der Waals surface area contributed by atoms with E-state index in [-0.39, 0.29) is 10.6 Å². The van der Waals surface area contributed by atoms with Crippen LogP contribution in [0.4, 0.5) is 5.69 Å². The second kappa shape index (κ2) is 6.95. The predicted octanol–water partition coefficient (Wildman–Crippen LogP) is 3.60. The largest absolute Gasteiger partial charge is 0.465 e. The maximum atomic E-state index is 12.0. The van der Waals surface area contributed by atoms with Crippen molar-refractivity contribution < 1.29 is 17.9 Å². The van der Waals surface area contributed by atoms with Crippen molar-refractivity contribution in [3.63, 3.8) is 0 Å². The van der Waals surface area contributed by atoms with Gasteiger partial charge in [0, 0.05) is 5.02 Å². The van der Waals surface area contributed by atoms with Gasteiger partial charge in [0.05, 0.1) is 18.2 Å². The lowest BCUT2D eigenvalue weighted by Crippen LogP contribution is -2.11. The fourth-order valence-electron chi connectivity index (χ4n) is 1.57. The molecule has 0 unspecified atom stereocenters. The molecule has 2 rings (SSSR count). The molecule has 0 saturated heterocycles. The van der Waals surface area contributed by atoms with Crippen LogP contribution in [0.15, 0.2) is 41.1 Å². The first-order valence-electron chi connectivity index (χ1n) is 6.03. The topological polar surface area (TPSA) is 72.5 Å². The van der Waals surface area contributed by atoms with E-state index in [1.165, 1.54) is 19.3 Å². The number of hydrogen-bond acceptors (Lipinski definition) is 5. The Morgan fingerprint density at radius 3 is 2.59 bits per heavy atom. The average Bonchev–Trinajstić information content (AvgIpc) is 2.93. The Morgan fingerprint density at radius 2 is 1.95 bits per heavy atom. The van der Waals surface area contributed by atoms with E-state index in [0.717, 1.165) is 16.7 Å². The van der Waals surface area contributed by atoms with E-state index >= 15 is 0 Å². The molecular formula is C14H12ClNO4S2. The van der Waals surface area contributed by atoms with E-state index in [1.54, 1.807) is 29.6 Å². The van der Waals surface area contributed by atoms with Crippen LogP contribution in [-0.4, -0.2) is 21.5 Å². The molecular weight excluding hydrogens is 346 g/mol. The SMILES string of the molecule is COC(=O)c1sccc1NS(=O)(=O)C=Cc1ccc(Cl)cc1. The van der Waals surface area contributed by atoms with Gasteiger partial charge < -0.3 is 4.74 Å². The molecule has 1 aromatic heterocycles. The minimum Gasteiger partial charge on any atom is -0.465 e. The highest BCUT2D eigenvalue weighted by Crippen LogP contribution is 2.24. The smallest absolute Gasteiger partial charge is 0.350 e. The van der Waals surface area contributed by atoms with Crippen molar-refractivity contribution in [1.29, 1.82) is 0 Å². The number of carbonyl (C=O) groups is 1. The third kappa shape index (κ3) is 4.33. The van der Waals surface area contributed by atoms with Gasteiger partial charge in [0.25, 0.3) is 10.0 Å². The fraction of sp³-hybridized carbons (Fsp3) is 0.0714. The number of thiophene rings is 1. The lowest BCUT2D eigenvalue weighted by atomic mass is 10.2. The molecule has 0 aliphatic carbocycles. The molecule has 0 spiro atoms. The van der Waals surface area contributed by atoms with Gasteiger partial charge in [0.2, 0.25) is 0 Å². The van der Waals surface area contributed by atoms with Crippen LogP contribution < -0.4 is 4.72 Å². The average molecular weight is 358 g/mol. The highest BCUT2D eigenvalue weighted by atomic mass is 35.5. The summed E-state index contributed by atoms with van der Waals surface area (Å²) in [6.07, 6.45) is 1.43.